The molecular formula is C34H54N4O10. The summed E-state index contributed by atoms with van der Waals surface area (Å²) >= 11 is 0. The van der Waals surface area contributed by atoms with Crippen LogP contribution in [0.4, 0.5) is 4.79 Å². The summed E-state index contributed by atoms with van der Waals surface area (Å²) in [5.41, 5.74) is -0.106. The van der Waals surface area contributed by atoms with E-state index >= 15 is 0 Å². The van der Waals surface area contributed by atoms with E-state index in [9.17, 15) is 29.1 Å². The number of morpholine rings is 1. The monoisotopic (exact) mass is 678 g/mol. The highest BCUT2D eigenvalue weighted by atomic mass is 16.6. The molecule has 0 bridgehead atoms. The first-order valence-corrected chi connectivity index (χ1v) is 16.8. The number of aliphatic carboxylic acids is 1. The van der Waals surface area contributed by atoms with E-state index < -0.39 is 59.8 Å². The van der Waals surface area contributed by atoms with E-state index in [1.54, 1.807) is 27.0 Å². The highest BCUT2D eigenvalue weighted by molar-refractivity contribution is 5.90. The quantitative estimate of drug-likeness (QED) is 0.193. The number of hydrogen-bond acceptors (Lipinski definition) is 11. The Balaban J connectivity index is 1.87. The summed E-state index contributed by atoms with van der Waals surface area (Å²) in [5.74, 6) is -3.44. The van der Waals surface area contributed by atoms with Crippen LogP contribution < -0.4 is 5.32 Å². The largest absolute Gasteiger partial charge is 0.479 e. The van der Waals surface area contributed by atoms with Crippen molar-refractivity contribution in [3.63, 3.8) is 0 Å². The first-order valence-electron chi connectivity index (χ1n) is 16.8. The molecule has 1 saturated heterocycles. The molecule has 14 heteroatoms. The van der Waals surface area contributed by atoms with Crippen molar-refractivity contribution in [3.8, 4) is 0 Å². The number of carboxylic acid groups (broad SMARTS) is 1. The summed E-state index contributed by atoms with van der Waals surface area (Å²) in [4.78, 5) is 70.3. The minimum Gasteiger partial charge on any atom is -0.479 e. The third-order valence-electron chi connectivity index (χ3n) is 8.42. The number of esters is 2. The van der Waals surface area contributed by atoms with E-state index in [4.69, 9.17) is 18.9 Å². The van der Waals surface area contributed by atoms with Gasteiger partial charge in [0, 0.05) is 39.8 Å². The standard InChI is InChI=1S/C34H54N4O10/c1-21(2)17-25(31(42)46-22(3)30(40)41)36(7)29(39)27(19-24-11-12-28(35-20-24)38-13-15-45-16-14-38)47-32(43)26(18-23-9-10-23)37(8)33(44)48-34(4,5)6/h11-12,20-23,25-28,35H,9-10,13-19H2,1-8H3,(H,40,41)/t22-,25+,26+,27-,28?/m1/s1. The Labute approximate surface area is 283 Å². The van der Waals surface area contributed by atoms with E-state index in [0.29, 0.717) is 25.2 Å². The van der Waals surface area contributed by atoms with Crippen LogP contribution in [0.15, 0.2) is 23.9 Å². The normalized spacial score (nSPS) is 20.8. The van der Waals surface area contributed by atoms with Crippen LogP contribution in [0.5, 0.6) is 0 Å². The molecule has 5 atom stereocenters. The van der Waals surface area contributed by atoms with Crippen molar-refractivity contribution in [2.75, 3.05) is 40.4 Å². The molecule has 1 unspecified atom stereocenters. The molecule has 14 nitrogen and oxygen atoms in total. The Bertz CT molecular complexity index is 1220. The van der Waals surface area contributed by atoms with Gasteiger partial charge in [-0.1, -0.05) is 32.8 Å². The van der Waals surface area contributed by atoms with Crippen LogP contribution in [0, 0.1) is 11.8 Å². The second-order valence-electron chi connectivity index (χ2n) is 14.3. The first-order chi connectivity index (χ1) is 22.5. The first kappa shape index (κ1) is 38.8. The number of carbonyl (C=O) groups is 5. The molecule has 0 aromatic carbocycles. The average Bonchev–Trinajstić information content (AvgIpc) is 3.85. The molecule has 3 aliphatic rings. The number of rotatable bonds is 15. The van der Waals surface area contributed by atoms with Crippen LogP contribution >= 0.6 is 0 Å². The maximum Gasteiger partial charge on any atom is 0.410 e. The van der Waals surface area contributed by atoms with Crippen molar-refractivity contribution >= 4 is 29.9 Å². The van der Waals surface area contributed by atoms with E-state index in [-0.39, 0.29) is 30.8 Å². The Morgan fingerprint density at radius 3 is 2.15 bits per heavy atom. The summed E-state index contributed by atoms with van der Waals surface area (Å²) in [6, 6.07) is -2.13. The van der Waals surface area contributed by atoms with Gasteiger partial charge in [0.25, 0.3) is 5.91 Å². The van der Waals surface area contributed by atoms with Gasteiger partial charge in [-0.15, -0.1) is 0 Å². The summed E-state index contributed by atoms with van der Waals surface area (Å²) in [5, 5.41) is 12.6. The molecule has 0 spiro atoms. The lowest BCUT2D eigenvalue weighted by Gasteiger charge is -2.35. The lowest BCUT2D eigenvalue weighted by molar-refractivity contribution is -0.172. The zero-order valence-electron chi connectivity index (χ0n) is 29.6. The van der Waals surface area contributed by atoms with Crippen molar-refractivity contribution in [1.82, 2.24) is 20.0 Å². The number of ether oxygens (including phenoxy) is 4. The van der Waals surface area contributed by atoms with E-state index in [1.807, 2.05) is 26.0 Å². The van der Waals surface area contributed by atoms with E-state index in [1.165, 1.54) is 30.8 Å². The van der Waals surface area contributed by atoms with E-state index in [2.05, 4.69) is 10.2 Å². The van der Waals surface area contributed by atoms with Gasteiger partial charge in [-0.25, -0.2) is 19.2 Å². The lowest BCUT2D eigenvalue weighted by Crippen LogP contribution is -2.52. The SMILES string of the molecule is CC(C)C[C@@H](C(=O)O[C@H](C)C(=O)O)N(C)C(=O)[C@@H](CC1=CNC(N2CCOCC2)C=C1)OC(=O)[C@H](CC1CC1)N(C)C(=O)OC(C)(C)C. The molecule has 1 saturated carbocycles. The maximum absolute atomic E-state index is 14.2. The van der Waals surface area contributed by atoms with Crippen molar-refractivity contribution < 1.29 is 48.0 Å². The predicted molar refractivity (Wildman–Crippen MR) is 175 cm³/mol. The van der Waals surface area contributed by atoms with Gasteiger partial charge in [-0.3, -0.25) is 14.6 Å². The average molecular weight is 679 g/mol. The fourth-order valence-corrected chi connectivity index (χ4v) is 5.42. The van der Waals surface area contributed by atoms with Gasteiger partial charge in [0.1, 0.15) is 17.7 Å². The molecule has 0 radical (unpaired) electrons. The molecule has 2 N–H and O–H groups in total. The molecule has 2 aliphatic heterocycles. The summed E-state index contributed by atoms with van der Waals surface area (Å²) in [6.45, 7) is 12.9. The van der Waals surface area contributed by atoms with Crippen LogP contribution in [0.2, 0.25) is 0 Å². The fourth-order valence-electron chi connectivity index (χ4n) is 5.42. The number of hydrogen-bond donors (Lipinski definition) is 2. The van der Waals surface area contributed by atoms with Crippen LogP contribution in [0.1, 0.15) is 73.6 Å². The summed E-state index contributed by atoms with van der Waals surface area (Å²) in [7, 11) is 2.89. The number of amides is 2. The molecule has 2 fully saturated rings. The smallest absolute Gasteiger partial charge is 0.410 e. The Morgan fingerprint density at radius 2 is 1.62 bits per heavy atom. The molecule has 1 aliphatic carbocycles. The zero-order valence-corrected chi connectivity index (χ0v) is 29.6. The third-order valence-corrected chi connectivity index (χ3v) is 8.42. The van der Waals surface area contributed by atoms with Gasteiger partial charge >= 0.3 is 24.0 Å². The summed E-state index contributed by atoms with van der Waals surface area (Å²) in [6.07, 6.45) is 4.42. The Kier molecular flexibility index (Phi) is 13.9. The molecular weight excluding hydrogens is 624 g/mol. The van der Waals surface area contributed by atoms with Crippen LogP contribution in [-0.4, -0.2) is 126 Å². The van der Waals surface area contributed by atoms with Gasteiger partial charge in [-0.05, 0) is 64.0 Å². The minimum absolute atomic E-state index is 0.0183. The van der Waals surface area contributed by atoms with Crippen LogP contribution in [0.25, 0.3) is 0 Å². The Hall–Kier alpha value is -3.65. The second-order valence-corrected chi connectivity index (χ2v) is 14.3. The predicted octanol–water partition coefficient (Wildman–Crippen LogP) is 2.91. The van der Waals surface area contributed by atoms with Crippen LogP contribution in [-0.2, 0) is 38.1 Å². The maximum atomic E-state index is 14.2. The number of allylic oxidation sites excluding steroid dienone is 1. The molecule has 270 valence electrons. The number of dihydropyridines is 1. The molecule has 3 rings (SSSR count). The number of carbonyl (C=O) groups excluding carboxylic acids is 4. The number of likely N-dealkylation sites (N-methyl/N-ethyl adjacent to an activating group) is 2. The van der Waals surface area contributed by atoms with Gasteiger partial charge in [-0.2, -0.15) is 0 Å². The molecule has 0 aromatic rings. The number of nitrogens with zero attached hydrogens (tertiary/aromatic N) is 3. The van der Waals surface area contributed by atoms with Crippen molar-refractivity contribution in [3.05, 3.63) is 23.9 Å². The third kappa shape index (κ3) is 11.8. The molecule has 2 amide bonds. The molecule has 48 heavy (non-hydrogen) atoms. The van der Waals surface area contributed by atoms with Gasteiger partial charge in [0.2, 0.25) is 0 Å². The lowest BCUT2D eigenvalue weighted by atomic mass is 10.0. The molecule has 0 aromatic heterocycles. The second kappa shape index (κ2) is 17.1. The highest BCUT2D eigenvalue weighted by Crippen LogP contribution is 2.35. The number of nitrogens with one attached hydrogen (secondary N) is 1. The highest BCUT2D eigenvalue weighted by Gasteiger charge is 2.41. The molecule has 2 heterocycles. The van der Waals surface area contributed by atoms with Gasteiger partial charge < -0.3 is 34.3 Å². The Morgan fingerprint density at radius 1 is 1.00 bits per heavy atom. The van der Waals surface area contributed by atoms with Crippen LogP contribution in [0.3, 0.4) is 0 Å². The van der Waals surface area contributed by atoms with Gasteiger partial charge in [0.05, 0.1) is 19.4 Å². The van der Waals surface area contributed by atoms with Gasteiger partial charge in [0.15, 0.2) is 12.2 Å². The van der Waals surface area contributed by atoms with E-state index in [0.717, 1.165) is 25.9 Å². The van der Waals surface area contributed by atoms with Crippen molar-refractivity contribution in [2.45, 2.75) is 110 Å². The number of carboxylic acids is 1. The zero-order chi connectivity index (χ0) is 35.8. The minimum atomic E-state index is -1.42. The summed E-state index contributed by atoms with van der Waals surface area (Å²) < 4.78 is 22.1. The fraction of sp³-hybridized carbons (Fsp3) is 0.735. The van der Waals surface area contributed by atoms with Crippen molar-refractivity contribution in [1.29, 1.82) is 0 Å². The van der Waals surface area contributed by atoms with Crippen molar-refractivity contribution in [2.24, 2.45) is 11.8 Å². The topological polar surface area (TPSA) is 164 Å².